The highest BCUT2D eigenvalue weighted by Gasteiger charge is 2.30. The number of nitrogens with one attached hydrogen (secondary N) is 1. The van der Waals surface area contributed by atoms with E-state index in [1.807, 2.05) is 0 Å². The van der Waals surface area contributed by atoms with Gasteiger partial charge in [0, 0.05) is 19.2 Å². The molecule has 1 unspecified atom stereocenters. The van der Waals surface area contributed by atoms with Crippen LogP contribution in [0.5, 0.6) is 5.75 Å². The Balaban J connectivity index is 2.42. The van der Waals surface area contributed by atoms with E-state index in [0.717, 1.165) is 10.6 Å². The summed E-state index contributed by atoms with van der Waals surface area (Å²) in [6.07, 6.45) is 0.981. The third-order valence-electron chi connectivity index (χ3n) is 5.12. The molecule has 33 heavy (non-hydrogen) atoms. The number of sulfonamides is 1. The molecule has 2 aromatic rings. The molecule has 1 atom stereocenters. The van der Waals surface area contributed by atoms with Gasteiger partial charge >= 0.3 is 0 Å². The van der Waals surface area contributed by atoms with Gasteiger partial charge in [0.2, 0.25) is 21.8 Å². The average molecular weight is 476 g/mol. The third kappa shape index (κ3) is 6.79. The van der Waals surface area contributed by atoms with Crippen molar-refractivity contribution in [1.29, 1.82) is 0 Å². The average Bonchev–Trinajstić information content (AvgIpc) is 2.79. The van der Waals surface area contributed by atoms with Crippen LogP contribution in [0.2, 0.25) is 0 Å². The highest BCUT2D eigenvalue weighted by Crippen LogP contribution is 2.21. The van der Waals surface area contributed by atoms with E-state index in [-0.39, 0.29) is 18.0 Å². The molecule has 2 aromatic carbocycles. The summed E-state index contributed by atoms with van der Waals surface area (Å²) in [6, 6.07) is 12.2. The summed E-state index contributed by atoms with van der Waals surface area (Å²) < 4.78 is 31.2. The molecule has 0 heterocycles. The lowest BCUT2D eigenvalue weighted by molar-refractivity contribution is -0.139. The number of hydrogen-bond donors (Lipinski definition) is 1. The Bertz CT molecular complexity index is 1130. The fraction of sp³-hybridized carbons (Fsp3) is 0.348. The number of anilines is 1. The van der Waals surface area contributed by atoms with Gasteiger partial charge in [-0.1, -0.05) is 24.3 Å². The second-order valence-electron chi connectivity index (χ2n) is 7.54. The van der Waals surface area contributed by atoms with E-state index in [0.29, 0.717) is 16.9 Å². The van der Waals surface area contributed by atoms with Gasteiger partial charge in [0.15, 0.2) is 5.78 Å². The van der Waals surface area contributed by atoms with Crippen molar-refractivity contribution in [3.05, 3.63) is 59.7 Å². The van der Waals surface area contributed by atoms with Gasteiger partial charge in [-0.3, -0.25) is 18.7 Å². The number of rotatable bonds is 10. The molecule has 9 nitrogen and oxygen atoms in total. The Kier molecular flexibility index (Phi) is 8.58. The molecule has 0 aliphatic carbocycles. The highest BCUT2D eigenvalue weighted by molar-refractivity contribution is 7.92. The minimum Gasteiger partial charge on any atom is -0.497 e. The monoisotopic (exact) mass is 475 g/mol. The smallest absolute Gasteiger partial charge is 0.244 e. The molecule has 10 heteroatoms. The molecule has 0 aromatic heterocycles. The second-order valence-corrected chi connectivity index (χ2v) is 9.45. The zero-order chi connectivity index (χ0) is 24.8. The SMILES string of the molecule is CNC(=O)C(C)N(Cc1cccc(OC)c1)C(=O)CN(c1cccc(C(C)=O)c1)S(C)(=O)=O. The molecule has 0 bridgehead atoms. The van der Waals surface area contributed by atoms with Crippen LogP contribution in [0.4, 0.5) is 5.69 Å². The number of ether oxygens (including phenoxy) is 1. The number of carbonyl (C=O) groups excluding carboxylic acids is 3. The Morgan fingerprint density at radius 3 is 2.33 bits per heavy atom. The van der Waals surface area contributed by atoms with Crippen molar-refractivity contribution in [1.82, 2.24) is 10.2 Å². The Morgan fingerprint density at radius 1 is 1.09 bits per heavy atom. The highest BCUT2D eigenvalue weighted by atomic mass is 32.2. The normalized spacial score (nSPS) is 11.9. The summed E-state index contributed by atoms with van der Waals surface area (Å²) in [7, 11) is -0.886. The molecule has 0 saturated heterocycles. The minimum atomic E-state index is -3.87. The zero-order valence-electron chi connectivity index (χ0n) is 19.4. The van der Waals surface area contributed by atoms with E-state index in [1.54, 1.807) is 43.3 Å². The van der Waals surface area contributed by atoms with Crippen molar-refractivity contribution in [2.24, 2.45) is 0 Å². The number of amides is 2. The van der Waals surface area contributed by atoms with Crippen LogP contribution in [-0.2, 0) is 26.2 Å². The van der Waals surface area contributed by atoms with Crippen LogP contribution >= 0.6 is 0 Å². The topological polar surface area (TPSA) is 113 Å². The van der Waals surface area contributed by atoms with Crippen LogP contribution in [0.15, 0.2) is 48.5 Å². The zero-order valence-corrected chi connectivity index (χ0v) is 20.2. The maximum absolute atomic E-state index is 13.4. The lowest BCUT2D eigenvalue weighted by Gasteiger charge is -2.31. The third-order valence-corrected chi connectivity index (χ3v) is 6.26. The lowest BCUT2D eigenvalue weighted by atomic mass is 10.1. The van der Waals surface area contributed by atoms with Gasteiger partial charge in [-0.15, -0.1) is 0 Å². The molecule has 0 aliphatic heterocycles. The van der Waals surface area contributed by atoms with Crippen molar-refractivity contribution in [2.75, 3.05) is 31.3 Å². The first-order valence-electron chi connectivity index (χ1n) is 10.2. The summed E-state index contributed by atoms with van der Waals surface area (Å²) >= 11 is 0. The Hall–Kier alpha value is -3.40. The standard InChI is InChI=1S/C23H29N3O6S/c1-16(23(29)24-3)25(14-18-8-6-11-21(12-18)32-4)22(28)15-26(33(5,30)31)20-10-7-9-19(13-20)17(2)27/h6-13,16H,14-15H2,1-5H3,(H,24,29). The van der Waals surface area contributed by atoms with Gasteiger partial charge in [0.25, 0.3) is 0 Å². The summed E-state index contributed by atoms with van der Waals surface area (Å²) in [5, 5.41) is 2.52. The Labute approximate surface area is 194 Å². The number of carbonyl (C=O) groups is 3. The number of ketones is 1. The van der Waals surface area contributed by atoms with Crippen molar-refractivity contribution in [3.8, 4) is 5.75 Å². The number of Topliss-reactive ketones (excluding diaryl/α,β-unsaturated/α-hetero) is 1. The predicted octanol–water partition coefficient (Wildman–Crippen LogP) is 1.83. The van der Waals surface area contributed by atoms with E-state index < -0.39 is 34.4 Å². The molecule has 0 radical (unpaired) electrons. The first-order valence-corrected chi connectivity index (χ1v) is 12.1. The first kappa shape index (κ1) is 25.9. The van der Waals surface area contributed by atoms with Gasteiger partial charge < -0.3 is 15.0 Å². The van der Waals surface area contributed by atoms with Crippen LogP contribution in [0.1, 0.15) is 29.8 Å². The first-order chi connectivity index (χ1) is 15.5. The van der Waals surface area contributed by atoms with E-state index in [9.17, 15) is 22.8 Å². The van der Waals surface area contributed by atoms with Crippen LogP contribution in [0.25, 0.3) is 0 Å². The van der Waals surface area contributed by atoms with Gasteiger partial charge in [0.1, 0.15) is 18.3 Å². The van der Waals surface area contributed by atoms with Crippen LogP contribution in [-0.4, -0.2) is 63.9 Å². The fourth-order valence-electron chi connectivity index (χ4n) is 3.25. The van der Waals surface area contributed by atoms with Crippen molar-refractivity contribution in [3.63, 3.8) is 0 Å². The predicted molar refractivity (Wildman–Crippen MR) is 126 cm³/mol. The second kappa shape index (κ2) is 11.0. The number of likely N-dealkylation sites (N-methyl/N-ethyl adjacent to an activating group) is 1. The summed E-state index contributed by atoms with van der Waals surface area (Å²) in [4.78, 5) is 38.8. The maximum Gasteiger partial charge on any atom is 0.244 e. The summed E-state index contributed by atoms with van der Waals surface area (Å²) in [5.74, 6) is -0.612. The van der Waals surface area contributed by atoms with E-state index in [2.05, 4.69) is 5.32 Å². The fourth-order valence-corrected chi connectivity index (χ4v) is 4.09. The summed E-state index contributed by atoms with van der Waals surface area (Å²) in [5.41, 5.74) is 1.22. The summed E-state index contributed by atoms with van der Waals surface area (Å²) in [6.45, 7) is 2.47. The van der Waals surface area contributed by atoms with Crippen LogP contribution < -0.4 is 14.4 Å². The maximum atomic E-state index is 13.4. The van der Waals surface area contributed by atoms with Crippen molar-refractivity contribution < 1.29 is 27.5 Å². The molecule has 0 fully saturated rings. The quantitative estimate of drug-likeness (QED) is 0.525. The number of methoxy groups -OCH3 is 1. The van der Waals surface area contributed by atoms with E-state index in [4.69, 9.17) is 4.74 Å². The largest absolute Gasteiger partial charge is 0.497 e. The number of benzene rings is 2. The lowest BCUT2D eigenvalue weighted by Crippen LogP contribution is -2.50. The molecule has 2 amide bonds. The van der Waals surface area contributed by atoms with Crippen molar-refractivity contribution in [2.45, 2.75) is 26.4 Å². The van der Waals surface area contributed by atoms with E-state index in [1.165, 1.54) is 38.1 Å². The molecular weight excluding hydrogens is 446 g/mol. The van der Waals surface area contributed by atoms with E-state index >= 15 is 0 Å². The Morgan fingerprint density at radius 2 is 1.76 bits per heavy atom. The van der Waals surface area contributed by atoms with Gasteiger partial charge in [-0.2, -0.15) is 0 Å². The van der Waals surface area contributed by atoms with Crippen LogP contribution in [0.3, 0.4) is 0 Å². The van der Waals surface area contributed by atoms with Gasteiger partial charge in [-0.25, -0.2) is 8.42 Å². The minimum absolute atomic E-state index is 0.0652. The van der Waals surface area contributed by atoms with Gasteiger partial charge in [-0.05, 0) is 43.7 Å². The molecule has 0 aliphatic rings. The molecule has 0 saturated carbocycles. The molecular formula is C23H29N3O6S. The molecule has 1 N–H and O–H groups in total. The molecule has 0 spiro atoms. The molecule has 178 valence electrons. The number of hydrogen-bond acceptors (Lipinski definition) is 6. The van der Waals surface area contributed by atoms with Crippen molar-refractivity contribution >= 4 is 33.3 Å². The van der Waals surface area contributed by atoms with Crippen LogP contribution in [0, 0.1) is 0 Å². The van der Waals surface area contributed by atoms with Gasteiger partial charge in [0.05, 0.1) is 19.1 Å². The number of nitrogens with zero attached hydrogens (tertiary/aromatic N) is 2. The molecule has 2 rings (SSSR count).